The van der Waals surface area contributed by atoms with E-state index in [1.165, 1.54) is 6.42 Å². The normalized spacial score (nSPS) is 27.7. The van der Waals surface area contributed by atoms with Crippen molar-refractivity contribution in [2.24, 2.45) is 5.92 Å². The van der Waals surface area contributed by atoms with Crippen LogP contribution in [0.5, 0.6) is 0 Å². The molecule has 1 unspecified atom stereocenters. The summed E-state index contributed by atoms with van der Waals surface area (Å²) in [5.41, 5.74) is 0. The number of nitrogens with one attached hydrogen (secondary N) is 1. The maximum atomic E-state index is 10.7. The number of hydrogen-bond donors (Lipinski definition) is 1. The van der Waals surface area contributed by atoms with Crippen molar-refractivity contribution in [1.82, 2.24) is 10.2 Å². The summed E-state index contributed by atoms with van der Waals surface area (Å²) in [6.45, 7) is 4.16. The molecule has 0 aromatic carbocycles. The van der Waals surface area contributed by atoms with Gasteiger partial charge < -0.3 is 15.0 Å². The van der Waals surface area contributed by atoms with Crippen molar-refractivity contribution >= 4 is 0 Å². The lowest BCUT2D eigenvalue weighted by Crippen LogP contribution is -2.38. The summed E-state index contributed by atoms with van der Waals surface area (Å²) < 4.78 is 5.37. The van der Waals surface area contributed by atoms with Gasteiger partial charge in [0, 0.05) is 32.2 Å². The van der Waals surface area contributed by atoms with Crippen LogP contribution in [0.3, 0.4) is 0 Å². The number of hydrogen-bond acceptors (Lipinski definition) is 5. The van der Waals surface area contributed by atoms with Gasteiger partial charge in [-0.3, -0.25) is 10.1 Å². The van der Waals surface area contributed by atoms with Gasteiger partial charge in [0.15, 0.2) is 5.82 Å². The number of nitro groups is 1. The Morgan fingerprint density at radius 3 is 3.11 bits per heavy atom. The predicted molar refractivity (Wildman–Crippen MR) is 67.4 cm³/mol. The first kappa shape index (κ1) is 13.1. The van der Waals surface area contributed by atoms with Gasteiger partial charge in [-0.2, -0.15) is 0 Å². The molecule has 0 saturated carbocycles. The van der Waals surface area contributed by atoms with Gasteiger partial charge in [-0.25, -0.2) is 0 Å². The minimum atomic E-state index is -0.373. The van der Waals surface area contributed by atoms with Crippen molar-refractivity contribution in [3.63, 3.8) is 0 Å². The Bertz CT molecular complexity index is 314. The lowest BCUT2D eigenvalue weighted by atomic mass is 10.1. The molecule has 0 aliphatic carbocycles. The molecule has 0 amide bonds. The number of rotatable bonds is 3. The Morgan fingerprint density at radius 1 is 1.50 bits per heavy atom. The van der Waals surface area contributed by atoms with Crippen molar-refractivity contribution in [3.05, 3.63) is 22.1 Å². The third-order valence-electron chi connectivity index (χ3n) is 3.48. The summed E-state index contributed by atoms with van der Waals surface area (Å²) >= 11 is 0. The van der Waals surface area contributed by atoms with E-state index in [0.29, 0.717) is 11.7 Å². The average molecular weight is 255 g/mol. The van der Waals surface area contributed by atoms with Crippen molar-refractivity contribution < 1.29 is 9.66 Å². The highest BCUT2D eigenvalue weighted by Crippen LogP contribution is 2.18. The second-order valence-corrected chi connectivity index (χ2v) is 4.96. The highest BCUT2D eigenvalue weighted by molar-refractivity contribution is 4.96. The molecule has 1 N–H and O–H groups in total. The first-order valence-electron chi connectivity index (χ1n) is 6.67. The van der Waals surface area contributed by atoms with Gasteiger partial charge in [0.1, 0.15) is 0 Å². The second kappa shape index (κ2) is 6.58. The van der Waals surface area contributed by atoms with Crippen LogP contribution in [0.25, 0.3) is 0 Å². The smallest absolute Gasteiger partial charge is 0.274 e. The molecule has 6 heteroatoms. The van der Waals surface area contributed by atoms with Crippen molar-refractivity contribution in [3.8, 4) is 0 Å². The molecule has 18 heavy (non-hydrogen) atoms. The van der Waals surface area contributed by atoms with Crippen molar-refractivity contribution in [2.75, 3.05) is 32.8 Å². The van der Waals surface area contributed by atoms with Crippen LogP contribution in [0.15, 0.2) is 12.0 Å². The molecular formula is C12H21N3O3. The molecule has 102 valence electrons. The molecule has 0 aromatic heterocycles. The SMILES string of the molecule is O=[N+]([O-])/C=C1\NCCCCCN1CC1CCOC1. The van der Waals surface area contributed by atoms with E-state index in [2.05, 4.69) is 10.2 Å². The van der Waals surface area contributed by atoms with Crippen LogP contribution in [-0.4, -0.2) is 42.7 Å². The third kappa shape index (κ3) is 3.87. The topological polar surface area (TPSA) is 67.6 Å². The van der Waals surface area contributed by atoms with Crippen LogP contribution >= 0.6 is 0 Å². The Hall–Kier alpha value is -1.30. The zero-order chi connectivity index (χ0) is 12.8. The van der Waals surface area contributed by atoms with Crippen LogP contribution < -0.4 is 5.32 Å². The summed E-state index contributed by atoms with van der Waals surface area (Å²) in [6.07, 6.45) is 5.51. The molecular weight excluding hydrogens is 234 g/mol. The number of nitrogens with zero attached hydrogens (tertiary/aromatic N) is 2. The molecule has 2 saturated heterocycles. The maximum absolute atomic E-state index is 10.7. The zero-order valence-corrected chi connectivity index (χ0v) is 10.6. The van der Waals surface area contributed by atoms with E-state index in [1.54, 1.807) is 0 Å². The minimum absolute atomic E-state index is 0.373. The Kier molecular flexibility index (Phi) is 4.81. The van der Waals surface area contributed by atoms with Gasteiger partial charge in [-0.15, -0.1) is 0 Å². The highest BCUT2D eigenvalue weighted by atomic mass is 16.6. The van der Waals surface area contributed by atoms with Gasteiger partial charge in [0.25, 0.3) is 6.20 Å². The monoisotopic (exact) mass is 255 g/mol. The van der Waals surface area contributed by atoms with Crippen LogP contribution in [-0.2, 0) is 4.74 Å². The van der Waals surface area contributed by atoms with Gasteiger partial charge in [0.2, 0.25) is 0 Å². The highest BCUT2D eigenvalue weighted by Gasteiger charge is 2.22. The molecule has 0 spiro atoms. The molecule has 2 fully saturated rings. The van der Waals surface area contributed by atoms with E-state index in [1.807, 2.05) is 0 Å². The van der Waals surface area contributed by atoms with Crippen LogP contribution in [0.2, 0.25) is 0 Å². The summed E-state index contributed by atoms with van der Waals surface area (Å²) in [7, 11) is 0. The Balaban J connectivity index is 2.01. The fraction of sp³-hybridized carbons (Fsp3) is 0.833. The summed E-state index contributed by atoms with van der Waals surface area (Å²) in [4.78, 5) is 12.4. The van der Waals surface area contributed by atoms with E-state index in [-0.39, 0.29) is 4.92 Å². The minimum Gasteiger partial charge on any atom is -0.381 e. The molecule has 6 nitrogen and oxygen atoms in total. The molecule has 2 aliphatic heterocycles. The Labute approximate surface area is 107 Å². The van der Waals surface area contributed by atoms with E-state index in [0.717, 1.165) is 58.3 Å². The predicted octanol–water partition coefficient (Wildman–Crippen LogP) is 1.17. The molecule has 2 heterocycles. The van der Waals surface area contributed by atoms with E-state index >= 15 is 0 Å². The average Bonchev–Trinajstić information content (AvgIpc) is 2.79. The summed E-state index contributed by atoms with van der Waals surface area (Å²) in [5, 5.41) is 13.9. The van der Waals surface area contributed by atoms with Crippen molar-refractivity contribution in [1.29, 1.82) is 0 Å². The summed E-state index contributed by atoms with van der Waals surface area (Å²) in [5.74, 6) is 1.16. The lowest BCUT2D eigenvalue weighted by molar-refractivity contribution is -0.404. The maximum Gasteiger partial charge on any atom is 0.274 e. The van der Waals surface area contributed by atoms with Gasteiger partial charge in [0.05, 0.1) is 11.5 Å². The largest absolute Gasteiger partial charge is 0.381 e. The fourth-order valence-electron chi connectivity index (χ4n) is 2.51. The first-order valence-corrected chi connectivity index (χ1v) is 6.67. The fourth-order valence-corrected chi connectivity index (χ4v) is 2.51. The molecule has 2 aliphatic rings. The van der Waals surface area contributed by atoms with Gasteiger partial charge in [-0.1, -0.05) is 0 Å². The van der Waals surface area contributed by atoms with Crippen LogP contribution in [0.1, 0.15) is 25.7 Å². The standard InChI is InChI=1S/C12H21N3O3/c16-15(17)9-12-13-5-2-1-3-6-14(12)8-11-4-7-18-10-11/h9,11,13H,1-8,10H2/b12-9+. The van der Waals surface area contributed by atoms with E-state index in [9.17, 15) is 10.1 Å². The third-order valence-corrected chi connectivity index (χ3v) is 3.48. The quantitative estimate of drug-likeness (QED) is 0.605. The lowest BCUT2D eigenvalue weighted by Gasteiger charge is -2.30. The van der Waals surface area contributed by atoms with E-state index < -0.39 is 0 Å². The summed E-state index contributed by atoms with van der Waals surface area (Å²) in [6, 6.07) is 0. The molecule has 0 radical (unpaired) electrons. The molecule has 1 atom stereocenters. The zero-order valence-electron chi connectivity index (χ0n) is 10.6. The molecule has 2 rings (SSSR count). The number of ether oxygens (including phenoxy) is 1. The molecule has 0 bridgehead atoms. The van der Waals surface area contributed by atoms with Crippen LogP contribution in [0, 0.1) is 16.0 Å². The van der Waals surface area contributed by atoms with Crippen LogP contribution in [0.4, 0.5) is 0 Å². The van der Waals surface area contributed by atoms with Gasteiger partial charge >= 0.3 is 0 Å². The first-order chi connectivity index (χ1) is 8.75. The second-order valence-electron chi connectivity index (χ2n) is 4.96. The van der Waals surface area contributed by atoms with Crippen molar-refractivity contribution in [2.45, 2.75) is 25.7 Å². The van der Waals surface area contributed by atoms with Gasteiger partial charge in [-0.05, 0) is 25.7 Å². The Morgan fingerprint density at radius 2 is 2.39 bits per heavy atom. The molecule has 0 aromatic rings. The van der Waals surface area contributed by atoms with E-state index in [4.69, 9.17) is 4.74 Å².